The van der Waals surface area contributed by atoms with E-state index in [0.29, 0.717) is 6.61 Å². The van der Waals surface area contributed by atoms with Gasteiger partial charge in [0, 0.05) is 20.3 Å². The Labute approximate surface area is 107 Å². The summed E-state index contributed by atoms with van der Waals surface area (Å²) >= 11 is 0. The molecular weight excluding hydrogens is 214 g/mol. The molecule has 17 heavy (non-hydrogen) atoms. The Bertz CT molecular complexity index is 117. The number of aliphatic hydroxyl groups excluding tert-OH is 1. The van der Waals surface area contributed by atoms with Crippen LogP contribution in [0.3, 0.4) is 0 Å². The number of rotatable bonds is 14. The van der Waals surface area contributed by atoms with Crippen LogP contribution in [-0.4, -0.2) is 38.5 Å². The van der Waals surface area contributed by atoms with Crippen molar-refractivity contribution in [3.63, 3.8) is 0 Å². The molecule has 0 aliphatic carbocycles. The molecule has 0 aromatic rings. The number of hydrogen-bond donors (Lipinski definition) is 2. The van der Waals surface area contributed by atoms with Crippen LogP contribution in [-0.2, 0) is 4.74 Å². The van der Waals surface area contributed by atoms with E-state index >= 15 is 0 Å². The third-order valence-electron chi connectivity index (χ3n) is 2.96. The Hall–Kier alpha value is -0.120. The molecule has 0 heterocycles. The lowest BCUT2D eigenvalue weighted by Crippen LogP contribution is -2.16. The summed E-state index contributed by atoms with van der Waals surface area (Å²) < 4.78 is 5.01. The Balaban J connectivity index is 2.85. The Kier molecular flexibility index (Phi) is 15.8. The van der Waals surface area contributed by atoms with Crippen molar-refractivity contribution in [1.29, 1.82) is 0 Å². The van der Waals surface area contributed by atoms with Crippen LogP contribution in [0.5, 0.6) is 0 Å². The topological polar surface area (TPSA) is 41.5 Å². The first kappa shape index (κ1) is 16.9. The molecule has 0 aliphatic rings. The van der Waals surface area contributed by atoms with E-state index in [9.17, 15) is 0 Å². The molecular formula is C14H31NO2. The maximum atomic E-state index is 8.62. The molecule has 0 saturated heterocycles. The Morgan fingerprint density at radius 1 is 0.765 bits per heavy atom. The predicted molar refractivity (Wildman–Crippen MR) is 73.4 cm³/mol. The number of ether oxygens (including phenoxy) is 1. The van der Waals surface area contributed by atoms with Gasteiger partial charge < -0.3 is 15.2 Å². The number of aliphatic hydroxyl groups is 1. The smallest absolute Gasteiger partial charge is 0.0462 e. The molecule has 0 bridgehead atoms. The van der Waals surface area contributed by atoms with Crippen molar-refractivity contribution in [2.24, 2.45) is 0 Å². The largest absolute Gasteiger partial charge is 0.396 e. The summed E-state index contributed by atoms with van der Waals surface area (Å²) in [6.45, 7) is 3.56. The highest BCUT2D eigenvalue weighted by Crippen LogP contribution is 2.02. The van der Waals surface area contributed by atoms with Crippen LogP contribution in [0.1, 0.15) is 57.8 Å². The fraction of sp³-hybridized carbons (Fsp3) is 1.00. The van der Waals surface area contributed by atoms with Crippen molar-refractivity contribution in [3.05, 3.63) is 0 Å². The zero-order valence-corrected chi connectivity index (χ0v) is 11.5. The molecule has 104 valence electrons. The number of unbranched alkanes of at least 4 members (excludes halogenated alkanes) is 7. The maximum Gasteiger partial charge on any atom is 0.0462 e. The molecule has 0 saturated carbocycles. The highest BCUT2D eigenvalue weighted by molar-refractivity contribution is 4.51. The average molecular weight is 245 g/mol. The third kappa shape index (κ3) is 15.9. The van der Waals surface area contributed by atoms with Gasteiger partial charge in [-0.25, -0.2) is 0 Å². The van der Waals surface area contributed by atoms with Crippen LogP contribution < -0.4 is 5.32 Å². The van der Waals surface area contributed by atoms with Crippen LogP contribution >= 0.6 is 0 Å². The van der Waals surface area contributed by atoms with Gasteiger partial charge in [0.05, 0.1) is 0 Å². The van der Waals surface area contributed by atoms with Gasteiger partial charge >= 0.3 is 0 Å². The number of hydrogen-bond acceptors (Lipinski definition) is 3. The second-order valence-corrected chi connectivity index (χ2v) is 4.65. The van der Waals surface area contributed by atoms with Gasteiger partial charge in [-0.1, -0.05) is 32.1 Å². The third-order valence-corrected chi connectivity index (χ3v) is 2.96. The summed E-state index contributed by atoms with van der Waals surface area (Å²) in [4.78, 5) is 0. The predicted octanol–water partition coefficient (Wildman–Crippen LogP) is 2.73. The Morgan fingerprint density at radius 3 is 1.88 bits per heavy atom. The molecule has 0 aromatic heterocycles. The molecule has 3 nitrogen and oxygen atoms in total. The van der Waals surface area contributed by atoms with Crippen molar-refractivity contribution in [3.8, 4) is 0 Å². The molecule has 0 rings (SSSR count). The first-order chi connectivity index (χ1) is 8.41. The summed E-state index contributed by atoms with van der Waals surface area (Å²) in [5, 5.41) is 12.1. The van der Waals surface area contributed by atoms with Crippen LogP contribution in [0.4, 0.5) is 0 Å². The van der Waals surface area contributed by atoms with Crippen molar-refractivity contribution < 1.29 is 9.84 Å². The summed E-state index contributed by atoms with van der Waals surface area (Å²) in [7, 11) is 1.77. The number of methoxy groups -OCH3 is 1. The van der Waals surface area contributed by atoms with Crippen LogP contribution in [0.25, 0.3) is 0 Å². The average Bonchev–Trinajstić information content (AvgIpc) is 2.35. The van der Waals surface area contributed by atoms with E-state index in [1.165, 1.54) is 51.4 Å². The van der Waals surface area contributed by atoms with Gasteiger partial charge in [0.2, 0.25) is 0 Å². The van der Waals surface area contributed by atoms with E-state index in [-0.39, 0.29) is 0 Å². The molecule has 0 atom stereocenters. The molecule has 0 radical (unpaired) electrons. The fourth-order valence-corrected chi connectivity index (χ4v) is 1.87. The van der Waals surface area contributed by atoms with Gasteiger partial charge in [-0.15, -0.1) is 0 Å². The summed E-state index contributed by atoms with van der Waals surface area (Å²) in [5.74, 6) is 0. The standard InChI is InChI=1S/C14H31NO2/c1-17-14-10-6-4-8-12-15-11-7-3-2-5-9-13-16/h15-16H,2-14H2,1H3. The molecule has 0 amide bonds. The molecule has 2 N–H and O–H groups in total. The molecule has 0 unspecified atom stereocenters. The molecule has 0 aliphatic heterocycles. The normalized spacial score (nSPS) is 10.9. The monoisotopic (exact) mass is 245 g/mol. The van der Waals surface area contributed by atoms with Crippen molar-refractivity contribution in [1.82, 2.24) is 5.32 Å². The zero-order valence-electron chi connectivity index (χ0n) is 11.5. The zero-order chi connectivity index (χ0) is 12.6. The minimum Gasteiger partial charge on any atom is -0.396 e. The highest BCUT2D eigenvalue weighted by Gasteiger charge is 1.92. The Morgan fingerprint density at radius 2 is 1.29 bits per heavy atom. The lowest BCUT2D eigenvalue weighted by Gasteiger charge is -2.04. The lowest BCUT2D eigenvalue weighted by atomic mass is 10.1. The van der Waals surface area contributed by atoms with E-state index in [1.807, 2.05) is 0 Å². The lowest BCUT2D eigenvalue weighted by molar-refractivity contribution is 0.192. The molecule has 0 spiro atoms. The van der Waals surface area contributed by atoms with Crippen molar-refractivity contribution in [2.75, 3.05) is 33.4 Å². The molecule has 0 aromatic carbocycles. The van der Waals surface area contributed by atoms with Crippen LogP contribution in [0.15, 0.2) is 0 Å². The quantitative estimate of drug-likeness (QED) is 0.462. The summed E-state index contributed by atoms with van der Waals surface area (Å²) in [6.07, 6.45) is 11.1. The summed E-state index contributed by atoms with van der Waals surface area (Å²) in [6, 6.07) is 0. The first-order valence-electron chi connectivity index (χ1n) is 7.22. The van der Waals surface area contributed by atoms with Crippen molar-refractivity contribution in [2.45, 2.75) is 57.8 Å². The van der Waals surface area contributed by atoms with Crippen molar-refractivity contribution >= 4 is 0 Å². The summed E-state index contributed by atoms with van der Waals surface area (Å²) in [5.41, 5.74) is 0. The van der Waals surface area contributed by atoms with Crippen LogP contribution in [0, 0.1) is 0 Å². The second kappa shape index (κ2) is 15.9. The molecule has 3 heteroatoms. The first-order valence-corrected chi connectivity index (χ1v) is 7.22. The number of nitrogens with one attached hydrogen (secondary N) is 1. The van der Waals surface area contributed by atoms with E-state index in [1.54, 1.807) is 7.11 Å². The van der Waals surface area contributed by atoms with Gasteiger partial charge in [0.1, 0.15) is 0 Å². The fourth-order valence-electron chi connectivity index (χ4n) is 1.87. The van der Waals surface area contributed by atoms with Gasteiger partial charge in [-0.05, 0) is 38.8 Å². The van der Waals surface area contributed by atoms with E-state index in [2.05, 4.69) is 5.32 Å². The van der Waals surface area contributed by atoms with Gasteiger partial charge in [-0.2, -0.15) is 0 Å². The van der Waals surface area contributed by atoms with Gasteiger partial charge in [0.15, 0.2) is 0 Å². The maximum absolute atomic E-state index is 8.62. The van der Waals surface area contributed by atoms with Crippen LogP contribution in [0.2, 0.25) is 0 Å². The van der Waals surface area contributed by atoms with E-state index in [4.69, 9.17) is 9.84 Å². The van der Waals surface area contributed by atoms with E-state index < -0.39 is 0 Å². The van der Waals surface area contributed by atoms with Gasteiger partial charge in [0.25, 0.3) is 0 Å². The minimum atomic E-state index is 0.349. The minimum absolute atomic E-state index is 0.349. The van der Waals surface area contributed by atoms with E-state index in [0.717, 1.165) is 26.1 Å². The highest BCUT2D eigenvalue weighted by atomic mass is 16.5. The SMILES string of the molecule is COCCCCCCNCCCCCCCO. The second-order valence-electron chi connectivity index (χ2n) is 4.65. The van der Waals surface area contributed by atoms with Gasteiger partial charge in [-0.3, -0.25) is 0 Å². The molecule has 0 fully saturated rings.